The van der Waals surface area contributed by atoms with Crippen LogP contribution in [-0.2, 0) is 14.3 Å². The summed E-state index contributed by atoms with van der Waals surface area (Å²) >= 11 is 0. The molecule has 2 unspecified atom stereocenters. The van der Waals surface area contributed by atoms with Crippen molar-refractivity contribution in [2.45, 2.75) is 25.2 Å². The summed E-state index contributed by atoms with van der Waals surface area (Å²) in [5.41, 5.74) is 0.740. The number of halogens is 1. The Kier molecular flexibility index (Phi) is 3.71. The van der Waals surface area contributed by atoms with E-state index in [1.165, 1.54) is 12.1 Å². The first-order chi connectivity index (χ1) is 8.15. The highest BCUT2D eigenvalue weighted by Crippen LogP contribution is 2.28. The van der Waals surface area contributed by atoms with Gasteiger partial charge in [0.05, 0.1) is 12.7 Å². The second-order valence-corrected chi connectivity index (χ2v) is 3.91. The van der Waals surface area contributed by atoms with Crippen molar-refractivity contribution in [2.75, 3.05) is 6.61 Å². The molecule has 0 spiro atoms. The minimum Gasteiger partial charge on any atom is -0.481 e. The van der Waals surface area contributed by atoms with Crippen LogP contribution in [0.3, 0.4) is 0 Å². The zero-order valence-corrected chi connectivity index (χ0v) is 9.14. The molecule has 2 rings (SSSR count). The number of carboxylic acids is 1. The number of benzene rings is 1. The summed E-state index contributed by atoms with van der Waals surface area (Å²) in [6, 6.07) is 5.87. The Morgan fingerprint density at radius 3 is 2.76 bits per heavy atom. The second-order valence-electron chi connectivity index (χ2n) is 3.91. The molecule has 2 atom stereocenters. The van der Waals surface area contributed by atoms with Crippen LogP contribution in [0.4, 0.5) is 4.39 Å². The Bertz CT molecular complexity index is 390. The van der Waals surface area contributed by atoms with E-state index in [9.17, 15) is 9.18 Å². The van der Waals surface area contributed by atoms with Gasteiger partial charge in [0.1, 0.15) is 5.82 Å². The molecule has 0 aliphatic carbocycles. The zero-order chi connectivity index (χ0) is 12.3. The number of ether oxygens (including phenoxy) is 2. The molecule has 1 aliphatic rings. The first-order valence-electron chi connectivity index (χ1n) is 5.39. The van der Waals surface area contributed by atoms with Crippen molar-refractivity contribution in [3.8, 4) is 0 Å². The van der Waals surface area contributed by atoms with Gasteiger partial charge in [-0.2, -0.15) is 0 Å². The standard InChI is InChI=1S/C12H13FO4/c13-9-3-1-8(2-4-9)12-16-7-10(17-12)5-6-11(14)15/h1-4,10,12H,5-7H2,(H,14,15). The summed E-state index contributed by atoms with van der Waals surface area (Å²) in [4.78, 5) is 10.4. The van der Waals surface area contributed by atoms with Gasteiger partial charge in [-0.25, -0.2) is 4.39 Å². The molecule has 1 saturated heterocycles. The van der Waals surface area contributed by atoms with Crippen molar-refractivity contribution in [3.63, 3.8) is 0 Å². The molecule has 1 fully saturated rings. The summed E-state index contributed by atoms with van der Waals surface area (Å²) < 4.78 is 23.6. The second kappa shape index (κ2) is 5.25. The van der Waals surface area contributed by atoms with Crippen LogP contribution in [0.2, 0.25) is 0 Å². The Morgan fingerprint density at radius 1 is 1.41 bits per heavy atom. The fourth-order valence-corrected chi connectivity index (χ4v) is 1.68. The van der Waals surface area contributed by atoms with E-state index in [1.54, 1.807) is 12.1 Å². The molecule has 0 aromatic heterocycles. The van der Waals surface area contributed by atoms with Crippen molar-refractivity contribution >= 4 is 5.97 Å². The van der Waals surface area contributed by atoms with Crippen molar-refractivity contribution < 1.29 is 23.8 Å². The van der Waals surface area contributed by atoms with Crippen molar-refractivity contribution in [1.29, 1.82) is 0 Å². The van der Waals surface area contributed by atoms with E-state index in [2.05, 4.69) is 0 Å². The third kappa shape index (κ3) is 3.25. The van der Waals surface area contributed by atoms with Crippen LogP contribution in [0.15, 0.2) is 24.3 Å². The average Bonchev–Trinajstić information content (AvgIpc) is 2.76. The number of aliphatic carboxylic acids is 1. The monoisotopic (exact) mass is 240 g/mol. The van der Waals surface area contributed by atoms with Gasteiger partial charge in [-0.15, -0.1) is 0 Å². The van der Waals surface area contributed by atoms with Crippen LogP contribution in [0.1, 0.15) is 24.7 Å². The van der Waals surface area contributed by atoms with Gasteiger partial charge < -0.3 is 14.6 Å². The average molecular weight is 240 g/mol. The first-order valence-corrected chi connectivity index (χ1v) is 5.39. The van der Waals surface area contributed by atoms with E-state index in [4.69, 9.17) is 14.6 Å². The first kappa shape index (κ1) is 12.0. The fraction of sp³-hybridized carbons (Fsp3) is 0.417. The number of hydrogen-bond donors (Lipinski definition) is 1. The number of hydrogen-bond acceptors (Lipinski definition) is 3. The molecule has 0 saturated carbocycles. The van der Waals surface area contributed by atoms with E-state index >= 15 is 0 Å². The van der Waals surface area contributed by atoms with Gasteiger partial charge in [-0.3, -0.25) is 4.79 Å². The summed E-state index contributed by atoms with van der Waals surface area (Å²) in [7, 11) is 0. The highest BCUT2D eigenvalue weighted by atomic mass is 19.1. The maximum absolute atomic E-state index is 12.7. The predicted molar refractivity (Wildman–Crippen MR) is 56.8 cm³/mol. The zero-order valence-electron chi connectivity index (χ0n) is 9.14. The van der Waals surface area contributed by atoms with E-state index in [-0.39, 0.29) is 18.3 Å². The van der Waals surface area contributed by atoms with E-state index in [0.29, 0.717) is 13.0 Å². The topological polar surface area (TPSA) is 55.8 Å². The van der Waals surface area contributed by atoms with E-state index in [1.807, 2.05) is 0 Å². The molecule has 17 heavy (non-hydrogen) atoms. The lowest BCUT2D eigenvalue weighted by molar-refractivity contribution is -0.138. The number of carboxylic acid groups (broad SMARTS) is 1. The van der Waals surface area contributed by atoms with Crippen molar-refractivity contribution in [2.24, 2.45) is 0 Å². The fourth-order valence-electron chi connectivity index (χ4n) is 1.68. The Balaban J connectivity index is 1.89. The minimum absolute atomic E-state index is 0.0597. The van der Waals surface area contributed by atoms with Crippen LogP contribution in [0.25, 0.3) is 0 Å². The maximum Gasteiger partial charge on any atom is 0.303 e. The third-order valence-corrected chi connectivity index (χ3v) is 2.57. The van der Waals surface area contributed by atoms with Gasteiger partial charge in [-0.1, -0.05) is 12.1 Å². The smallest absolute Gasteiger partial charge is 0.303 e. The quantitative estimate of drug-likeness (QED) is 0.875. The van der Waals surface area contributed by atoms with Gasteiger partial charge in [0.15, 0.2) is 6.29 Å². The molecule has 1 heterocycles. The van der Waals surface area contributed by atoms with Crippen LogP contribution < -0.4 is 0 Å². The van der Waals surface area contributed by atoms with Crippen LogP contribution in [0, 0.1) is 5.82 Å². The van der Waals surface area contributed by atoms with Gasteiger partial charge in [0.2, 0.25) is 0 Å². The highest BCUT2D eigenvalue weighted by molar-refractivity contribution is 5.66. The molecule has 0 amide bonds. The van der Waals surface area contributed by atoms with Crippen molar-refractivity contribution in [1.82, 2.24) is 0 Å². The molecule has 5 heteroatoms. The Morgan fingerprint density at radius 2 is 2.12 bits per heavy atom. The summed E-state index contributed by atoms with van der Waals surface area (Å²) in [5, 5.41) is 8.55. The lowest BCUT2D eigenvalue weighted by Gasteiger charge is -2.10. The van der Waals surface area contributed by atoms with Crippen LogP contribution in [-0.4, -0.2) is 23.8 Å². The maximum atomic E-state index is 12.7. The minimum atomic E-state index is -0.848. The Labute approximate surface area is 98.0 Å². The SMILES string of the molecule is O=C(O)CCC1COC(c2ccc(F)cc2)O1. The largest absolute Gasteiger partial charge is 0.481 e. The van der Waals surface area contributed by atoms with Gasteiger partial charge >= 0.3 is 5.97 Å². The van der Waals surface area contributed by atoms with Gasteiger partial charge in [0, 0.05) is 12.0 Å². The van der Waals surface area contributed by atoms with Gasteiger partial charge in [0.25, 0.3) is 0 Å². The summed E-state index contributed by atoms with van der Waals surface area (Å²) in [6.07, 6.45) is -0.243. The normalized spacial score (nSPS) is 23.8. The number of carbonyl (C=O) groups is 1. The predicted octanol–water partition coefficient (Wildman–Crippen LogP) is 2.10. The summed E-state index contributed by atoms with van der Waals surface area (Å²) in [6.45, 7) is 0.370. The molecule has 0 bridgehead atoms. The van der Waals surface area contributed by atoms with Crippen LogP contribution >= 0.6 is 0 Å². The summed E-state index contributed by atoms with van der Waals surface area (Å²) in [5.74, 6) is -1.16. The molecular weight excluding hydrogens is 227 g/mol. The van der Waals surface area contributed by atoms with Crippen LogP contribution in [0.5, 0.6) is 0 Å². The lowest BCUT2D eigenvalue weighted by Crippen LogP contribution is -2.12. The molecule has 0 radical (unpaired) electrons. The molecule has 92 valence electrons. The van der Waals surface area contributed by atoms with Gasteiger partial charge in [-0.05, 0) is 18.6 Å². The lowest BCUT2D eigenvalue weighted by atomic mass is 10.2. The van der Waals surface area contributed by atoms with Crippen molar-refractivity contribution in [3.05, 3.63) is 35.6 Å². The molecule has 1 aromatic rings. The number of rotatable bonds is 4. The molecule has 1 aromatic carbocycles. The molecule has 4 nitrogen and oxygen atoms in total. The third-order valence-electron chi connectivity index (χ3n) is 2.57. The molecular formula is C12H13FO4. The van der Waals surface area contributed by atoms with E-state index in [0.717, 1.165) is 5.56 Å². The highest BCUT2D eigenvalue weighted by Gasteiger charge is 2.27. The molecule has 1 aliphatic heterocycles. The molecule has 1 N–H and O–H groups in total. The Hall–Kier alpha value is -1.46. The van der Waals surface area contributed by atoms with E-state index < -0.39 is 12.3 Å².